The van der Waals surface area contributed by atoms with E-state index < -0.39 is 0 Å². The molecule has 3 aliphatic rings. The molecule has 1 aromatic carbocycles. The van der Waals surface area contributed by atoms with E-state index in [0.717, 1.165) is 31.6 Å². The highest BCUT2D eigenvalue weighted by Gasteiger charge is 2.39. The van der Waals surface area contributed by atoms with Crippen LogP contribution in [0.15, 0.2) is 18.2 Å². The summed E-state index contributed by atoms with van der Waals surface area (Å²) in [6.45, 7) is 2.06. The van der Waals surface area contributed by atoms with Gasteiger partial charge < -0.3 is 20.9 Å². The normalized spacial score (nSPS) is 28.3. The van der Waals surface area contributed by atoms with E-state index in [1.165, 1.54) is 25.7 Å². The Morgan fingerprint density at radius 1 is 1.19 bits per heavy atom. The minimum atomic E-state index is -0.302. The Labute approximate surface area is 155 Å². The molecule has 26 heavy (non-hydrogen) atoms. The summed E-state index contributed by atoms with van der Waals surface area (Å²) in [6, 6.07) is 7.01. The molecule has 3 fully saturated rings. The third kappa shape index (κ3) is 3.18. The van der Waals surface area contributed by atoms with E-state index in [4.69, 9.17) is 11.1 Å². The molecule has 1 amide bonds. The Balaban J connectivity index is 1.45. The van der Waals surface area contributed by atoms with Gasteiger partial charge in [-0.05, 0) is 63.8 Å². The van der Waals surface area contributed by atoms with Gasteiger partial charge in [0.15, 0.2) is 0 Å². The molecule has 4 rings (SSSR count). The number of nitrogens with one attached hydrogen (secondary N) is 2. The van der Waals surface area contributed by atoms with Crippen molar-refractivity contribution in [3.05, 3.63) is 23.8 Å². The number of hydrogen-bond acceptors (Lipinski definition) is 5. The van der Waals surface area contributed by atoms with Crippen LogP contribution in [-0.2, 0) is 4.79 Å². The van der Waals surface area contributed by atoms with Gasteiger partial charge in [0.25, 0.3) is 5.91 Å². The summed E-state index contributed by atoms with van der Waals surface area (Å²) in [6.07, 6.45) is 6.78. The van der Waals surface area contributed by atoms with Crippen molar-refractivity contribution in [1.82, 2.24) is 10.2 Å². The Kier molecular flexibility index (Phi) is 4.61. The lowest BCUT2D eigenvalue weighted by Crippen LogP contribution is -2.50. The van der Waals surface area contributed by atoms with E-state index in [2.05, 4.69) is 22.2 Å². The van der Waals surface area contributed by atoms with Crippen molar-refractivity contribution in [1.29, 1.82) is 5.41 Å². The second kappa shape index (κ2) is 6.91. The molecule has 6 nitrogen and oxygen atoms in total. The number of nitrogens with zero attached hydrogens (tertiary/aromatic N) is 2. The molecule has 0 saturated carbocycles. The summed E-state index contributed by atoms with van der Waals surface area (Å²) in [7, 11) is 2.19. The number of piperidine rings is 1. The molecule has 3 saturated heterocycles. The van der Waals surface area contributed by atoms with Crippen LogP contribution in [-0.4, -0.2) is 54.8 Å². The van der Waals surface area contributed by atoms with E-state index in [0.29, 0.717) is 23.3 Å². The smallest absolute Gasteiger partial charge is 0.270 e. The quantitative estimate of drug-likeness (QED) is 0.569. The number of anilines is 2. The van der Waals surface area contributed by atoms with Gasteiger partial charge in [0.05, 0.1) is 0 Å². The van der Waals surface area contributed by atoms with Gasteiger partial charge in [0, 0.05) is 48.2 Å². The summed E-state index contributed by atoms with van der Waals surface area (Å²) in [5.41, 5.74) is 8.17. The molecule has 0 aromatic heterocycles. The number of rotatable bonds is 4. The first kappa shape index (κ1) is 17.3. The van der Waals surface area contributed by atoms with Gasteiger partial charge in [-0.15, -0.1) is 0 Å². The number of nitrogens with two attached hydrogens (primary N) is 1. The highest BCUT2D eigenvalue weighted by atomic mass is 16.1. The van der Waals surface area contributed by atoms with E-state index in [-0.39, 0.29) is 17.7 Å². The number of carbonyl (C=O) groups is 1. The highest BCUT2D eigenvalue weighted by Crippen LogP contribution is 2.34. The second-order valence-electron chi connectivity index (χ2n) is 8.03. The van der Waals surface area contributed by atoms with E-state index in [9.17, 15) is 4.79 Å². The average Bonchev–Trinajstić information content (AvgIpc) is 3.22. The summed E-state index contributed by atoms with van der Waals surface area (Å²) in [5.74, 6) is -0.302. The van der Waals surface area contributed by atoms with Crippen LogP contribution in [0.25, 0.3) is 0 Å². The molecule has 3 heterocycles. The SMILES string of the molecule is CN1C2CCC1CC(NC(=O)C(=N)c1cc(N3CCCC3)ccc1N)C2. The average molecular weight is 355 g/mol. The minimum absolute atomic E-state index is 0.0187. The van der Waals surface area contributed by atoms with Crippen LogP contribution >= 0.6 is 0 Å². The maximum atomic E-state index is 12.7. The van der Waals surface area contributed by atoms with Gasteiger partial charge in [-0.25, -0.2) is 0 Å². The summed E-state index contributed by atoms with van der Waals surface area (Å²) < 4.78 is 0. The molecule has 4 N–H and O–H groups in total. The molecule has 2 atom stereocenters. The van der Waals surface area contributed by atoms with Gasteiger partial charge in [-0.2, -0.15) is 0 Å². The number of carbonyl (C=O) groups excluding carboxylic acids is 1. The summed E-state index contributed by atoms with van der Waals surface area (Å²) in [5, 5.41) is 11.5. The molecule has 6 heteroatoms. The predicted octanol–water partition coefficient (Wildman–Crippen LogP) is 1.98. The Morgan fingerprint density at radius 3 is 2.50 bits per heavy atom. The van der Waals surface area contributed by atoms with Gasteiger partial charge in [0.1, 0.15) is 5.71 Å². The number of amides is 1. The molecule has 0 aliphatic carbocycles. The van der Waals surface area contributed by atoms with Gasteiger partial charge >= 0.3 is 0 Å². The van der Waals surface area contributed by atoms with Gasteiger partial charge in [-0.1, -0.05) is 0 Å². The second-order valence-corrected chi connectivity index (χ2v) is 8.03. The first-order chi connectivity index (χ1) is 12.5. The van der Waals surface area contributed by atoms with Gasteiger partial charge in [0.2, 0.25) is 0 Å². The highest BCUT2D eigenvalue weighted by molar-refractivity contribution is 6.45. The van der Waals surface area contributed by atoms with Crippen LogP contribution in [0, 0.1) is 5.41 Å². The molecule has 2 unspecified atom stereocenters. The zero-order valence-corrected chi connectivity index (χ0v) is 15.5. The fourth-order valence-corrected chi connectivity index (χ4v) is 4.84. The lowest BCUT2D eigenvalue weighted by Gasteiger charge is -2.36. The van der Waals surface area contributed by atoms with E-state index in [1.54, 1.807) is 0 Å². The van der Waals surface area contributed by atoms with Crippen LogP contribution in [0.3, 0.4) is 0 Å². The first-order valence-electron chi connectivity index (χ1n) is 9.79. The topological polar surface area (TPSA) is 85.5 Å². The Hall–Kier alpha value is -2.08. The first-order valence-corrected chi connectivity index (χ1v) is 9.79. The van der Waals surface area contributed by atoms with Crippen molar-refractivity contribution in [2.24, 2.45) is 0 Å². The maximum Gasteiger partial charge on any atom is 0.270 e. The zero-order chi connectivity index (χ0) is 18.3. The number of fused-ring (bicyclic) bond motifs is 2. The fourth-order valence-electron chi connectivity index (χ4n) is 4.84. The van der Waals surface area contributed by atoms with Crippen LogP contribution in [0.5, 0.6) is 0 Å². The third-order valence-electron chi connectivity index (χ3n) is 6.44. The Morgan fingerprint density at radius 2 is 1.85 bits per heavy atom. The van der Waals surface area contributed by atoms with E-state index in [1.807, 2.05) is 18.2 Å². The van der Waals surface area contributed by atoms with Crippen LogP contribution < -0.4 is 16.0 Å². The molecule has 0 radical (unpaired) electrons. The summed E-state index contributed by atoms with van der Waals surface area (Å²) in [4.78, 5) is 17.4. The Bertz CT molecular complexity index is 698. The van der Waals surface area contributed by atoms with Crippen LogP contribution in [0.4, 0.5) is 11.4 Å². The van der Waals surface area contributed by atoms with Crippen LogP contribution in [0.1, 0.15) is 44.1 Å². The number of benzene rings is 1. The molecule has 1 aromatic rings. The van der Waals surface area contributed by atoms with Crippen molar-refractivity contribution in [2.75, 3.05) is 30.8 Å². The molecule has 3 aliphatic heterocycles. The fraction of sp³-hybridized carbons (Fsp3) is 0.600. The lowest BCUT2D eigenvalue weighted by atomic mass is 9.97. The van der Waals surface area contributed by atoms with Crippen molar-refractivity contribution in [3.63, 3.8) is 0 Å². The number of hydrogen-bond donors (Lipinski definition) is 3. The molecule has 140 valence electrons. The molecular weight excluding hydrogens is 326 g/mol. The van der Waals surface area contributed by atoms with E-state index >= 15 is 0 Å². The zero-order valence-electron chi connectivity index (χ0n) is 15.5. The molecule has 2 bridgehead atoms. The largest absolute Gasteiger partial charge is 0.398 e. The van der Waals surface area contributed by atoms with Crippen LogP contribution in [0.2, 0.25) is 0 Å². The number of nitrogen functional groups attached to an aromatic ring is 1. The van der Waals surface area contributed by atoms with Gasteiger partial charge in [-0.3, -0.25) is 10.2 Å². The monoisotopic (exact) mass is 355 g/mol. The molecule has 0 spiro atoms. The molecular formula is C20H29N5O. The maximum absolute atomic E-state index is 12.7. The minimum Gasteiger partial charge on any atom is -0.398 e. The van der Waals surface area contributed by atoms with Crippen molar-refractivity contribution in [2.45, 2.75) is 56.7 Å². The lowest BCUT2D eigenvalue weighted by molar-refractivity contribution is -0.115. The third-order valence-corrected chi connectivity index (χ3v) is 6.44. The summed E-state index contributed by atoms with van der Waals surface area (Å²) >= 11 is 0. The van der Waals surface area contributed by atoms with Crippen molar-refractivity contribution in [3.8, 4) is 0 Å². The predicted molar refractivity (Wildman–Crippen MR) is 105 cm³/mol. The van der Waals surface area contributed by atoms with Crippen molar-refractivity contribution >= 4 is 23.0 Å². The van der Waals surface area contributed by atoms with Crippen molar-refractivity contribution < 1.29 is 4.79 Å². The standard InChI is InChI=1S/C20H29N5O/c1-24-14-4-5-15(24)11-13(10-14)23-20(26)19(22)17-12-16(6-7-18(17)21)25-8-2-3-9-25/h6-7,12-15,22H,2-5,8-11,21H2,1H3,(H,23,26).